The highest BCUT2D eigenvalue weighted by atomic mass is 32.1. The number of thiazole rings is 1. The van der Waals surface area contributed by atoms with E-state index in [2.05, 4.69) is 4.98 Å². The first-order chi connectivity index (χ1) is 11.8. The van der Waals surface area contributed by atoms with E-state index in [1.54, 1.807) is 29.6 Å². The van der Waals surface area contributed by atoms with Crippen molar-refractivity contribution in [3.8, 4) is 0 Å². The molecule has 0 saturated heterocycles. The van der Waals surface area contributed by atoms with Crippen LogP contribution >= 0.6 is 11.3 Å². The van der Waals surface area contributed by atoms with E-state index in [9.17, 15) is 4.79 Å². The minimum atomic E-state index is -0.0278. The Morgan fingerprint density at radius 2 is 2.25 bits per heavy atom. The smallest absolute Gasteiger partial charge is 0.232 e. The van der Waals surface area contributed by atoms with E-state index in [-0.39, 0.29) is 17.7 Å². The maximum Gasteiger partial charge on any atom is 0.232 e. The molecular formula is C18H18N2O3S. The van der Waals surface area contributed by atoms with Crippen LogP contribution < -0.4 is 4.90 Å². The van der Waals surface area contributed by atoms with Crippen molar-refractivity contribution in [3.05, 3.63) is 48.4 Å². The van der Waals surface area contributed by atoms with Crippen LogP contribution in [0, 0.1) is 5.92 Å². The van der Waals surface area contributed by atoms with Gasteiger partial charge in [0.15, 0.2) is 5.13 Å². The standard InChI is InChI=1S/C18H18N2O3S/c1-22-10-8-20(18-19-14-5-2-3-7-16(14)24-18)17(21)13-11-12(13)15-6-4-9-23-15/h2-7,9,12-13H,8,10-11H2,1H3. The second-order valence-corrected chi connectivity index (χ2v) is 6.92. The number of furan rings is 1. The second kappa shape index (κ2) is 6.37. The quantitative estimate of drug-likeness (QED) is 0.686. The number of ether oxygens (including phenoxy) is 1. The summed E-state index contributed by atoms with van der Waals surface area (Å²) in [6.45, 7) is 0.996. The molecule has 1 aliphatic rings. The van der Waals surface area contributed by atoms with Crippen molar-refractivity contribution in [2.24, 2.45) is 5.92 Å². The molecule has 0 N–H and O–H groups in total. The average Bonchev–Trinajstić information content (AvgIpc) is 3.03. The van der Waals surface area contributed by atoms with Gasteiger partial charge in [0.05, 0.1) is 29.6 Å². The lowest BCUT2D eigenvalue weighted by Gasteiger charge is -2.19. The molecule has 2 unspecified atom stereocenters. The Hall–Kier alpha value is -2.18. The molecule has 1 amide bonds. The Morgan fingerprint density at radius 1 is 1.38 bits per heavy atom. The normalized spacial score (nSPS) is 19.5. The number of rotatable bonds is 6. The van der Waals surface area contributed by atoms with Crippen LogP contribution in [0.5, 0.6) is 0 Å². The van der Waals surface area contributed by atoms with Gasteiger partial charge in [-0.3, -0.25) is 9.69 Å². The third-order valence-electron chi connectivity index (χ3n) is 4.31. The van der Waals surface area contributed by atoms with Gasteiger partial charge in [0.2, 0.25) is 5.91 Å². The molecule has 124 valence electrons. The van der Waals surface area contributed by atoms with Gasteiger partial charge in [-0.2, -0.15) is 0 Å². The molecule has 0 aliphatic heterocycles. The summed E-state index contributed by atoms with van der Waals surface area (Å²) >= 11 is 1.54. The first-order valence-corrected chi connectivity index (χ1v) is 8.79. The highest BCUT2D eigenvalue weighted by molar-refractivity contribution is 7.22. The fourth-order valence-corrected chi connectivity index (χ4v) is 3.94. The van der Waals surface area contributed by atoms with Gasteiger partial charge in [0.25, 0.3) is 0 Å². The van der Waals surface area contributed by atoms with Crippen molar-refractivity contribution < 1.29 is 13.9 Å². The lowest BCUT2D eigenvalue weighted by atomic mass is 10.2. The fourth-order valence-electron chi connectivity index (χ4n) is 2.94. The number of hydrogen-bond acceptors (Lipinski definition) is 5. The first-order valence-electron chi connectivity index (χ1n) is 7.97. The summed E-state index contributed by atoms with van der Waals surface area (Å²) in [5.41, 5.74) is 0.922. The third kappa shape index (κ3) is 2.83. The van der Waals surface area contributed by atoms with Crippen LogP contribution in [-0.2, 0) is 9.53 Å². The van der Waals surface area contributed by atoms with E-state index in [4.69, 9.17) is 9.15 Å². The summed E-state index contributed by atoms with van der Waals surface area (Å²) in [4.78, 5) is 19.4. The van der Waals surface area contributed by atoms with E-state index in [1.807, 2.05) is 36.4 Å². The summed E-state index contributed by atoms with van der Waals surface area (Å²) < 4.78 is 11.7. The number of fused-ring (bicyclic) bond motifs is 1. The van der Waals surface area contributed by atoms with E-state index in [0.29, 0.717) is 13.2 Å². The van der Waals surface area contributed by atoms with Crippen molar-refractivity contribution in [1.29, 1.82) is 0 Å². The number of hydrogen-bond donors (Lipinski definition) is 0. The molecule has 1 saturated carbocycles. The molecule has 4 rings (SSSR count). The molecule has 0 spiro atoms. The molecule has 2 atom stereocenters. The van der Waals surface area contributed by atoms with Gasteiger partial charge >= 0.3 is 0 Å². The molecule has 0 bridgehead atoms. The third-order valence-corrected chi connectivity index (χ3v) is 5.37. The maximum absolute atomic E-state index is 13.0. The number of benzene rings is 1. The van der Waals surface area contributed by atoms with Crippen LogP contribution in [0.1, 0.15) is 18.1 Å². The predicted octanol–water partition coefficient (Wildman–Crippen LogP) is 3.67. The van der Waals surface area contributed by atoms with Crippen LogP contribution in [0.3, 0.4) is 0 Å². The Kier molecular flexibility index (Phi) is 4.08. The topological polar surface area (TPSA) is 55.6 Å². The van der Waals surface area contributed by atoms with Gasteiger partial charge in [0.1, 0.15) is 5.76 Å². The van der Waals surface area contributed by atoms with Crippen molar-refractivity contribution >= 4 is 32.6 Å². The summed E-state index contributed by atoms with van der Waals surface area (Å²) in [5.74, 6) is 1.16. The zero-order valence-corrected chi connectivity index (χ0v) is 14.2. The van der Waals surface area contributed by atoms with Crippen molar-refractivity contribution in [1.82, 2.24) is 4.98 Å². The summed E-state index contributed by atoms with van der Waals surface area (Å²) in [6, 6.07) is 11.7. The molecule has 6 heteroatoms. The second-order valence-electron chi connectivity index (χ2n) is 5.91. The van der Waals surface area contributed by atoms with Crippen LogP contribution in [0.4, 0.5) is 5.13 Å². The van der Waals surface area contributed by atoms with Crippen molar-refractivity contribution in [2.45, 2.75) is 12.3 Å². The Morgan fingerprint density at radius 3 is 3.00 bits per heavy atom. The van der Waals surface area contributed by atoms with Crippen molar-refractivity contribution in [3.63, 3.8) is 0 Å². The van der Waals surface area contributed by atoms with Gasteiger partial charge in [0, 0.05) is 18.9 Å². The van der Waals surface area contributed by atoms with E-state index in [0.717, 1.165) is 27.5 Å². The van der Waals surface area contributed by atoms with Crippen LogP contribution in [-0.4, -0.2) is 31.2 Å². The molecule has 24 heavy (non-hydrogen) atoms. The monoisotopic (exact) mass is 342 g/mol. The SMILES string of the molecule is COCCN(C(=O)C1CC1c1ccco1)c1nc2ccccc2s1. The van der Waals surface area contributed by atoms with Gasteiger partial charge in [-0.05, 0) is 30.7 Å². The van der Waals surface area contributed by atoms with Crippen molar-refractivity contribution in [2.75, 3.05) is 25.2 Å². The number of anilines is 1. The lowest BCUT2D eigenvalue weighted by Crippen LogP contribution is -2.35. The number of carbonyl (C=O) groups excluding carboxylic acids is 1. The highest BCUT2D eigenvalue weighted by Crippen LogP contribution is 2.49. The highest BCUT2D eigenvalue weighted by Gasteiger charge is 2.48. The number of amides is 1. The molecule has 1 fully saturated rings. The minimum Gasteiger partial charge on any atom is -0.469 e. The number of methoxy groups -OCH3 is 1. The Balaban J connectivity index is 1.58. The molecule has 2 heterocycles. The summed E-state index contributed by atoms with van der Waals surface area (Å²) in [5, 5.41) is 0.739. The molecule has 1 aliphatic carbocycles. The number of carbonyl (C=O) groups is 1. The van der Waals surface area contributed by atoms with Crippen LogP contribution in [0.15, 0.2) is 47.1 Å². The summed E-state index contributed by atoms with van der Waals surface area (Å²) in [6.07, 6.45) is 2.49. The van der Waals surface area contributed by atoms with Gasteiger partial charge in [-0.15, -0.1) is 0 Å². The van der Waals surface area contributed by atoms with Gasteiger partial charge in [-0.1, -0.05) is 23.5 Å². The first kappa shape index (κ1) is 15.4. The van der Waals surface area contributed by atoms with E-state index in [1.165, 1.54) is 0 Å². The molecular weight excluding hydrogens is 324 g/mol. The zero-order valence-electron chi connectivity index (χ0n) is 13.3. The van der Waals surface area contributed by atoms with Gasteiger partial charge < -0.3 is 9.15 Å². The Bertz CT molecular complexity index is 810. The van der Waals surface area contributed by atoms with Gasteiger partial charge in [-0.25, -0.2) is 4.98 Å². The largest absolute Gasteiger partial charge is 0.469 e. The minimum absolute atomic E-state index is 0.0278. The number of nitrogens with zero attached hydrogens (tertiary/aromatic N) is 2. The zero-order chi connectivity index (χ0) is 16.5. The van der Waals surface area contributed by atoms with Crippen LogP contribution in [0.2, 0.25) is 0 Å². The predicted molar refractivity (Wildman–Crippen MR) is 93.4 cm³/mol. The average molecular weight is 342 g/mol. The molecule has 0 radical (unpaired) electrons. The molecule has 2 aromatic heterocycles. The van der Waals surface area contributed by atoms with E-state index < -0.39 is 0 Å². The molecule has 5 nitrogen and oxygen atoms in total. The number of para-hydroxylation sites is 1. The fraction of sp³-hybridized carbons (Fsp3) is 0.333. The number of aromatic nitrogens is 1. The van der Waals surface area contributed by atoms with E-state index >= 15 is 0 Å². The molecule has 3 aromatic rings. The lowest BCUT2D eigenvalue weighted by molar-refractivity contribution is -0.120. The maximum atomic E-state index is 13.0. The summed E-state index contributed by atoms with van der Waals surface area (Å²) in [7, 11) is 1.64. The molecule has 1 aromatic carbocycles. The van der Waals surface area contributed by atoms with Crippen LogP contribution in [0.25, 0.3) is 10.2 Å². The Labute approximate surface area is 143 Å².